The van der Waals surface area contributed by atoms with E-state index >= 15 is 0 Å². The van der Waals surface area contributed by atoms with E-state index in [1.54, 1.807) is 12.1 Å². The van der Waals surface area contributed by atoms with Gasteiger partial charge in [0.15, 0.2) is 5.75 Å². The van der Waals surface area contributed by atoms with Crippen molar-refractivity contribution in [1.82, 2.24) is 0 Å². The molecular formula is C6H7NNaO4P. The molecule has 1 aromatic carbocycles. The SMILES string of the molecule is Nc1ccccc1OP(=O)([O-])O.[Na+]. The monoisotopic (exact) mass is 211 g/mol. The average molecular weight is 211 g/mol. The maximum Gasteiger partial charge on any atom is 1.00 e. The molecule has 0 radical (unpaired) electrons. The number of hydrogen-bond donors (Lipinski definition) is 2. The molecule has 7 heteroatoms. The standard InChI is InChI=1S/C6H8NO4P.Na/c7-5-3-1-2-4-6(5)11-12(8,9)10;/h1-4H,7H2,(H2,8,9,10);/q;+1/p-1. The zero-order valence-electron chi connectivity index (χ0n) is 7.01. The number of rotatable bonds is 2. The van der Waals surface area contributed by atoms with Crippen LogP contribution in [0.4, 0.5) is 5.69 Å². The van der Waals surface area contributed by atoms with Gasteiger partial charge in [-0.1, -0.05) is 12.1 Å². The fourth-order valence-electron chi connectivity index (χ4n) is 0.688. The van der Waals surface area contributed by atoms with E-state index in [0.717, 1.165) is 0 Å². The Morgan fingerprint density at radius 1 is 1.46 bits per heavy atom. The molecule has 13 heavy (non-hydrogen) atoms. The second kappa shape index (κ2) is 5.00. The Hall–Kier alpha value is -0.0300. The summed E-state index contributed by atoms with van der Waals surface area (Å²) in [5, 5.41) is 0. The smallest absolute Gasteiger partial charge is 0.746 e. The van der Waals surface area contributed by atoms with Gasteiger partial charge < -0.3 is 20.0 Å². The Kier molecular flexibility index (Phi) is 4.99. The third-order valence-electron chi connectivity index (χ3n) is 1.13. The summed E-state index contributed by atoms with van der Waals surface area (Å²) in [6.45, 7) is 0. The molecule has 0 aliphatic heterocycles. The summed E-state index contributed by atoms with van der Waals surface area (Å²) in [7, 11) is -4.74. The van der Waals surface area contributed by atoms with Crippen molar-refractivity contribution < 1.29 is 48.4 Å². The van der Waals surface area contributed by atoms with Gasteiger partial charge in [-0.2, -0.15) is 0 Å². The van der Waals surface area contributed by atoms with Gasteiger partial charge in [0.2, 0.25) is 0 Å². The van der Waals surface area contributed by atoms with Crippen LogP contribution in [0.3, 0.4) is 0 Å². The third kappa shape index (κ3) is 4.67. The fourth-order valence-corrected chi connectivity index (χ4v) is 1.10. The predicted molar refractivity (Wildman–Crippen MR) is 41.3 cm³/mol. The van der Waals surface area contributed by atoms with Gasteiger partial charge in [-0.05, 0) is 12.1 Å². The largest absolute Gasteiger partial charge is 1.00 e. The average Bonchev–Trinajstić information content (AvgIpc) is 1.91. The van der Waals surface area contributed by atoms with Gasteiger partial charge in [0, 0.05) is 0 Å². The summed E-state index contributed by atoms with van der Waals surface area (Å²) >= 11 is 0. The van der Waals surface area contributed by atoms with Crippen molar-refractivity contribution in [3.8, 4) is 5.75 Å². The first-order chi connectivity index (χ1) is 5.49. The van der Waals surface area contributed by atoms with Gasteiger partial charge >= 0.3 is 37.4 Å². The topological polar surface area (TPSA) is 95.6 Å². The first-order valence-corrected chi connectivity index (χ1v) is 4.56. The van der Waals surface area contributed by atoms with Crippen molar-refractivity contribution in [1.29, 1.82) is 0 Å². The van der Waals surface area contributed by atoms with Crippen LogP contribution in [0, 0.1) is 0 Å². The molecule has 3 N–H and O–H groups in total. The maximum absolute atomic E-state index is 10.3. The van der Waals surface area contributed by atoms with Crippen LogP contribution < -0.4 is 44.7 Å². The van der Waals surface area contributed by atoms with Gasteiger partial charge in [-0.25, -0.2) is 0 Å². The summed E-state index contributed by atoms with van der Waals surface area (Å²) < 4.78 is 14.4. The van der Waals surface area contributed by atoms with E-state index in [2.05, 4.69) is 4.52 Å². The molecule has 0 fully saturated rings. The van der Waals surface area contributed by atoms with Gasteiger partial charge in [0.1, 0.15) is 0 Å². The second-order valence-corrected chi connectivity index (χ2v) is 3.22. The number of phosphoric ester groups is 1. The van der Waals surface area contributed by atoms with Gasteiger partial charge in [0.25, 0.3) is 0 Å². The number of phosphoric acid groups is 1. The molecular weight excluding hydrogens is 204 g/mol. The minimum absolute atomic E-state index is 0. The molecule has 66 valence electrons. The molecule has 5 nitrogen and oxygen atoms in total. The van der Waals surface area contributed by atoms with E-state index in [1.165, 1.54) is 12.1 Å². The molecule has 0 heterocycles. The number of hydrogen-bond acceptors (Lipinski definition) is 4. The van der Waals surface area contributed by atoms with Crippen LogP contribution in [-0.2, 0) is 4.57 Å². The van der Waals surface area contributed by atoms with Crippen molar-refractivity contribution in [3.63, 3.8) is 0 Å². The molecule has 0 aliphatic rings. The van der Waals surface area contributed by atoms with Crippen molar-refractivity contribution >= 4 is 13.5 Å². The van der Waals surface area contributed by atoms with E-state index in [9.17, 15) is 9.46 Å². The molecule has 1 atom stereocenters. The molecule has 1 aromatic rings. The first kappa shape index (κ1) is 13.0. The quantitative estimate of drug-likeness (QED) is 0.311. The maximum atomic E-state index is 10.3. The minimum Gasteiger partial charge on any atom is -0.746 e. The number of para-hydroxylation sites is 2. The predicted octanol–water partition coefficient (Wildman–Crippen LogP) is -2.89. The zero-order chi connectivity index (χ0) is 9.19. The summed E-state index contributed by atoms with van der Waals surface area (Å²) in [5.74, 6) is -0.0710. The van der Waals surface area contributed by atoms with Crippen molar-refractivity contribution in [2.75, 3.05) is 5.73 Å². The number of benzene rings is 1. The molecule has 0 aliphatic carbocycles. The molecule has 0 saturated heterocycles. The Bertz CT molecular complexity index is 326. The van der Waals surface area contributed by atoms with Gasteiger partial charge in [-0.3, -0.25) is 4.57 Å². The zero-order valence-corrected chi connectivity index (χ0v) is 9.90. The van der Waals surface area contributed by atoms with Crippen molar-refractivity contribution in [3.05, 3.63) is 24.3 Å². The van der Waals surface area contributed by atoms with Gasteiger partial charge in [-0.15, -0.1) is 0 Å². The van der Waals surface area contributed by atoms with Crippen LogP contribution in [0.5, 0.6) is 5.75 Å². The summed E-state index contributed by atoms with van der Waals surface area (Å²) in [6.07, 6.45) is 0. The Morgan fingerprint density at radius 3 is 2.46 bits per heavy atom. The van der Waals surface area contributed by atoms with Gasteiger partial charge in [0.05, 0.1) is 5.69 Å². The van der Waals surface area contributed by atoms with E-state index in [0.29, 0.717) is 0 Å². The normalized spacial score (nSPS) is 14.0. The van der Waals surface area contributed by atoms with E-state index in [-0.39, 0.29) is 41.0 Å². The Labute approximate surface area is 97.4 Å². The number of anilines is 1. The molecule has 1 unspecified atom stereocenters. The summed E-state index contributed by atoms with van der Waals surface area (Å²) in [5.41, 5.74) is 5.49. The minimum atomic E-state index is -4.74. The molecule has 0 saturated carbocycles. The molecule has 0 bridgehead atoms. The summed E-state index contributed by atoms with van der Waals surface area (Å²) in [6, 6.07) is 5.97. The van der Waals surface area contributed by atoms with E-state index < -0.39 is 7.82 Å². The van der Waals surface area contributed by atoms with E-state index in [1.807, 2.05) is 0 Å². The van der Waals surface area contributed by atoms with Crippen LogP contribution >= 0.6 is 7.82 Å². The van der Waals surface area contributed by atoms with Crippen LogP contribution in [0.25, 0.3) is 0 Å². The fraction of sp³-hybridized carbons (Fsp3) is 0. The van der Waals surface area contributed by atoms with Crippen LogP contribution in [0.15, 0.2) is 24.3 Å². The molecule has 0 aromatic heterocycles. The first-order valence-electron chi connectivity index (χ1n) is 3.07. The number of nitrogens with two attached hydrogens (primary N) is 1. The number of nitrogen functional groups attached to an aromatic ring is 1. The molecule has 0 spiro atoms. The van der Waals surface area contributed by atoms with Crippen LogP contribution in [0.1, 0.15) is 0 Å². The molecule has 1 rings (SSSR count). The second-order valence-electron chi connectivity index (χ2n) is 2.10. The van der Waals surface area contributed by atoms with Crippen LogP contribution in [-0.4, -0.2) is 4.89 Å². The Balaban J connectivity index is 0.00000144. The Morgan fingerprint density at radius 2 is 2.00 bits per heavy atom. The van der Waals surface area contributed by atoms with Crippen molar-refractivity contribution in [2.45, 2.75) is 0 Å². The molecule has 0 amide bonds. The van der Waals surface area contributed by atoms with E-state index in [4.69, 9.17) is 10.6 Å². The van der Waals surface area contributed by atoms with Crippen LogP contribution in [0.2, 0.25) is 0 Å². The van der Waals surface area contributed by atoms with Crippen molar-refractivity contribution in [2.24, 2.45) is 0 Å². The third-order valence-corrected chi connectivity index (χ3v) is 1.56. The summed E-state index contributed by atoms with van der Waals surface area (Å²) in [4.78, 5) is 18.6.